The number of methoxy groups -OCH3 is 1. The van der Waals surface area contributed by atoms with E-state index in [4.69, 9.17) is 4.74 Å². The van der Waals surface area contributed by atoms with Crippen LogP contribution >= 0.6 is 0 Å². The summed E-state index contributed by atoms with van der Waals surface area (Å²) in [6, 6.07) is 15.0. The molecule has 2 heterocycles. The van der Waals surface area contributed by atoms with Crippen molar-refractivity contribution in [3.63, 3.8) is 0 Å². The summed E-state index contributed by atoms with van der Waals surface area (Å²) in [6.07, 6.45) is 4.37. The van der Waals surface area contributed by atoms with Crippen molar-refractivity contribution in [2.45, 2.75) is 0 Å². The highest BCUT2D eigenvalue weighted by molar-refractivity contribution is 6.39. The van der Waals surface area contributed by atoms with E-state index in [9.17, 15) is 14.4 Å². The van der Waals surface area contributed by atoms with Crippen molar-refractivity contribution in [1.29, 1.82) is 0 Å². The van der Waals surface area contributed by atoms with E-state index in [0.717, 1.165) is 10.5 Å². The molecule has 1 N–H and O–H groups in total. The maximum absolute atomic E-state index is 12.9. The van der Waals surface area contributed by atoms with Gasteiger partial charge in [-0.05, 0) is 18.2 Å². The molecule has 1 saturated heterocycles. The Morgan fingerprint density at radius 2 is 1.70 bits per heavy atom. The highest BCUT2D eigenvalue weighted by atomic mass is 16.5. The standard InChI is InChI=1S/C22H16N4O4/c1-30-17-9-5-8-16(11-17)26-21(28)18(20(27)25-22(26)29)10-14-12-23-19(24-13-14)15-6-3-2-4-7-15/h2-13H,1H3,(H,25,27,29). The predicted molar refractivity (Wildman–Crippen MR) is 109 cm³/mol. The Bertz CT molecular complexity index is 1160. The number of carbonyl (C=O) groups excluding carboxylic acids is 3. The number of nitrogens with one attached hydrogen (secondary N) is 1. The average molecular weight is 400 g/mol. The van der Waals surface area contributed by atoms with Gasteiger partial charge in [0, 0.05) is 29.6 Å². The van der Waals surface area contributed by atoms with E-state index >= 15 is 0 Å². The van der Waals surface area contributed by atoms with E-state index in [0.29, 0.717) is 17.1 Å². The van der Waals surface area contributed by atoms with Crippen molar-refractivity contribution in [3.05, 3.63) is 78.1 Å². The van der Waals surface area contributed by atoms with E-state index in [1.807, 2.05) is 30.3 Å². The van der Waals surface area contributed by atoms with Gasteiger partial charge in [-0.25, -0.2) is 19.7 Å². The average Bonchev–Trinajstić information content (AvgIpc) is 2.78. The number of anilines is 1. The van der Waals surface area contributed by atoms with Crippen LogP contribution in [0.4, 0.5) is 10.5 Å². The third-order valence-electron chi connectivity index (χ3n) is 4.43. The molecule has 0 aliphatic carbocycles. The molecule has 4 rings (SSSR count). The Labute approximate surface area is 171 Å². The molecule has 0 radical (unpaired) electrons. The molecule has 0 bridgehead atoms. The monoisotopic (exact) mass is 400 g/mol. The third-order valence-corrected chi connectivity index (χ3v) is 4.43. The number of imide groups is 2. The molecule has 0 spiro atoms. The van der Waals surface area contributed by atoms with Gasteiger partial charge in [0.25, 0.3) is 11.8 Å². The van der Waals surface area contributed by atoms with Crippen LogP contribution in [0.2, 0.25) is 0 Å². The van der Waals surface area contributed by atoms with Gasteiger partial charge >= 0.3 is 6.03 Å². The number of aromatic nitrogens is 2. The number of ether oxygens (including phenoxy) is 1. The van der Waals surface area contributed by atoms with Crippen LogP contribution in [0.25, 0.3) is 17.5 Å². The Morgan fingerprint density at radius 3 is 2.40 bits per heavy atom. The van der Waals surface area contributed by atoms with Gasteiger partial charge in [-0.3, -0.25) is 14.9 Å². The Hall–Kier alpha value is -4.33. The minimum atomic E-state index is -0.828. The number of amides is 4. The highest BCUT2D eigenvalue weighted by Gasteiger charge is 2.37. The van der Waals surface area contributed by atoms with E-state index < -0.39 is 17.8 Å². The zero-order chi connectivity index (χ0) is 21.1. The summed E-state index contributed by atoms with van der Waals surface area (Å²) in [5.41, 5.74) is 1.38. The van der Waals surface area contributed by atoms with Gasteiger partial charge in [0.1, 0.15) is 11.3 Å². The number of benzene rings is 2. The molecule has 0 saturated carbocycles. The molecule has 1 aliphatic rings. The molecule has 8 nitrogen and oxygen atoms in total. The number of hydrogen-bond acceptors (Lipinski definition) is 6. The van der Waals surface area contributed by atoms with Gasteiger partial charge in [-0.1, -0.05) is 36.4 Å². The van der Waals surface area contributed by atoms with E-state index in [1.165, 1.54) is 31.6 Å². The molecule has 2 aromatic carbocycles. The number of nitrogens with zero attached hydrogens (tertiary/aromatic N) is 3. The van der Waals surface area contributed by atoms with Crippen molar-refractivity contribution in [2.75, 3.05) is 12.0 Å². The Kier molecular flexibility index (Phi) is 5.04. The van der Waals surface area contributed by atoms with Crippen molar-refractivity contribution in [1.82, 2.24) is 15.3 Å². The quantitative estimate of drug-likeness (QED) is 0.534. The second-order valence-corrected chi connectivity index (χ2v) is 6.37. The van der Waals surface area contributed by atoms with Gasteiger partial charge in [-0.15, -0.1) is 0 Å². The fourth-order valence-corrected chi connectivity index (χ4v) is 2.96. The lowest BCUT2D eigenvalue weighted by Crippen LogP contribution is -2.54. The van der Waals surface area contributed by atoms with E-state index in [1.54, 1.807) is 18.2 Å². The fourth-order valence-electron chi connectivity index (χ4n) is 2.96. The number of barbiturate groups is 1. The van der Waals surface area contributed by atoms with Crippen LogP contribution in [0.3, 0.4) is 0 Å². The zero-order valence-corrected chi connectivity index (χ0v) is 15.9. The maximum Gasteiger partial charge on any atom is 0.335 e. The molecule has 1 aromatic heterocycles. The van der Waals surface area contributed by atoms with E-state index in [2.05, 4.69) is 15.3 Å². The smallest absolute Gasteiger partial charge is 0.335 e. The first-order valence-electron chi connectivity index (χ1n) is 9.00. The zero-order valence-electron chi connectivity index (χ0n) is 15.9. The molecule has 30 heavy (non-hydrogen) atoms. The van der Waals surface area contributed by atoms with Crippen molar-refractivity contribution in [2.24, 2.45) is 0 Å². The van der Waals surface area contributed by atoms with Gasteiger partial charge in [0.2, 0.25) is 0 Å². The van der Waals surface area contributed by atoms with Crippen LogP contribution in [-0.2, 0) is 9.59 Å². The molecule has 1 fully saturated rings. The summed E-state index contributed by atoms with van der Waals surface area (Å²) < 4.78 is 5.14. The summed E-state index contributed by atoms with van der Waals surface area (Å²) >= 11 is 0. The van der Waals surface area contributed by atoms with Gasteiger partial charge < -0.3 is 4.74 Å². The predicted octanol–water partition coefficient (Wildman–Crippen LogP) is 2.82. The molecular weight excluding hydrogens is 384 g/mol. The van der Waals surface area contributed by atoms with Gasteiger partial charge in [0.05, 0.1) is 12.8 Å². The minimum absolute atomic E-state index is 0.200. The first kappa shape index (κ1) is 19.0. The minimum Gasteiger partial charge on any atom is -0.497 e. The lowest BCUT2D eigenvalue weighted by Gasteiger charge is -2.26. The van der Waals surface area contributed by atoms with Crippen molar-refractivity contribution in [3.8, 4) is 17.1 Å². The summed E-state index contributed by atoms with van der Waals surface area (Å²) in [5.74, 6) is -0.536. The number of carbonyl (C=O) groups is 3. The number of urea groups is 1. The van der Waals surface area contributed by atoms with Crippen LogP contribution in [0.1, 0.15) is 5.56 Å². The van der Waals surface area contributed by atoms with Gasteiger partial charge in [-0.2, -0.15) is 0 Å². The van der Waals surface area contributed by atoms with Crippen LogP contribution in [0.15, 0.2) is 72.6 Å². The SMILES string of the molecule is COc1cccc(N2C(=O)NC(=O)C(=Cc3cnc(-c4ccccc4)nc3)C2=O)c1. The fraction of sp³-hybridized carbons (Fsp3) is 0.0455. The molecule has 1 aliphatic heterocycles. The lowest BCUT2D eigenvalue weighted by atomic mass is 10.1. The summed E-state index contributed by atoms with van der Waals surface area (Å²) in [6.45, 7) is 0. The molecule has 3 aromatic rings. The molecule has 0 unspecified atom stereocenters. The third kappa shape index (κ3) is 3.66. The molecule has 0 atom stereocenters. The van der Waals surface area contributed by atoms with Gasteiger partial charge in [0.15, 0.2) is 5.82 Å². The second kappa shape index (κ2) is 7.96. The molecule has 8 heteroatoms. The Morgan fingerprint density at radius 1 is 0.967 bits per heavy atom. The number of hydrogen-bond donors (Lipinski definition) is 1. The topological polar surface area (TPSA) is 101 Å². The van der Waals surface area contributed by atoms with Crippen LogP contribution in [-0.4, -0.2) is 34.9 Å². The van der Waals surface area contributed by atoms with Crippen LogP contribution < -0.4 is 15.0 Å². The second-order valence-electron chi connectivity index (χ2n) is 6.37. The van der Waals surface area contributed by atoms with Crippen LogP contribution in [0, 0.1) is 0 Å². The maximum atomic E-state index is 12.9. The lowest BCUT2D eigenvalue weighted by molar-refractivity contribution is -0.122. The van der Waals surface area contributed by atoms with E-state index in [-0.39, 0.29) is 11.3 Å². The van der Waals surface area contributed by atoms with Crippen molar-refractivity contribution >= 4 is 29.6 Å². The van der Waals surface area contributed by atoms with Crippen LogP contribution in [0.5, 0.6) is 5.75 Å². The number of rotatable bonds is 4. The normalized spacial score (nSPS) is 15.3. The molecule has 4 amide bonds. The largest absolute Gasteiger partial charge is 0.497 e. The molecular formula is C22H16N4O4. The first-order valence-corrected chi connectivity index (χ1v) is 9.00. The summed E-state index contributed by atoms with van der Waals surface area (Å²) in [5, 5.41) is 2.18. The summed E-state index contributed by atoms with van der Waals surface area (Å²) in [7, 11) is 1.48. The summed E-state index contributed by atoms with van der Waals surface area (Å²) in [4.78, 5) is 47.0. The highest BCUT2D eigenvalue weighted by Crippen LogP contribution is 2.25. The molecule has 148 valence electrons. The first-order chi connectivity index (χ1) is 14.6. The van der Waals surface area contributed by atoms with Crippen molar-refractivity contribution < 1.29 is 19.1 Å². The Balaban J connectivity index is 1.65.